The standard InChI is InChI=1S/C16H22N2O/c1-5-18(11-12(2)10-17)16(19)9-15-7-6-13(3)14(4)8-15/h6-8,12H,5,9,11H2,1-4H3. The van der Waals surface area contributed by atoms with Crippen LogP contribution in [0.2, 0.25) is 0 Å². The first-order valence-corrected chi connectivity index (χ1v) is 6.71. The average Bonchev–Trinajstić information content (AvgIpc) is 2.39. The molecule has 0 heterocycles. The number of benzene rings is 1. The van der Waals surface area contributed by atoms with Crippen molar-refractivity contribution in [3.05, 3.63) is 34.9 Å². The number of aryl methyl sites for hydroxylation is 2. The molecule has 1 aromatic carbocycles. The highest BCUT2D eigenvalue weighted by molar-refractivity contribution is 5.78. The number of nitriles is 1. The molecule has 1 rings (SSSR count). The second kappa shape index (κ2) is 6.94. The van der Waals surface area contributed by atoms with E-state index in [1.54, 1.807) is 4.90 Å². The molecule has 0 aliphatic heterocycles. The third kappa shape index (κ3) is 4.40. The minimum atomic E-state index is -0.122. The van der Waals surface area contributed by atoms with Crippen LogP contribution in [0.3, 0.4) is 0 Å². The normalized spacial score (nSPS) is 11.7. The van der Waals surface area contributed by atoms with E-state index in [2.05, 4.69) is 26.0 Å². The van der Waals surface area contributed by atoms with Crippen molar-refractivity contribution in [1.82, 2.24) is 4.90 Å². The Hall–Kier alpha value is -1.82. The maximum atomic E-state index is 12.2. The van der Waals surface area contributed by atoms with Crippen LogP contribution in [0.25, 0.3) is 0 Å². The summed E-state index contributed by atoms with van der Waals surface area (Å²) in [4.78, 5) is 14.0. The van der Waals surface area contributed by atoms with Gasteiger partial charge in [-0.05, 0) is 44.4 Å². The van der Waals surface area contributed by atoms with Crippen LogP contribution in [0.1, 0.15) is 30.5 Å². The van der Waals surface area contributed by atoms with Gasteiger partial charge in [0.15, 0.2) is 0 Å². The van der Waals surface area contributed by atoms with E-state index in [0.29, 0.717) is 19.5 Å². The van der Waals surface area contributed by atoms with E-state index in [-0.39, 0.29) is 11.8 Å². The van der Waals surface area contributed by atoms with Gasteiger partial charge in [-0.3, -0.25) is 4.79 Å². The first kappa shape index (κ1) is 15.2. The van der Waals surface area contributed by atoms with Gasteiger partial charge < -0.3 is 4.90 Å². The van der Waals surface area contributed by atoms with Gasteiger partial charge in [0.25, 0.3) is 0 Å². The van der Waals surface area contributed by atoms with E-state index in [1.165, 1.54) is 11.1 Å². The maximum Gasteiger partial charge on any atom is 0.227 e. The first-order chi connectivity index (χ1) is 8.97. The van der Waals surface area contributed by atoms with Crippen molar-refractivity contribution in [2.75, 3.05) is 13.1 Å². The molecular formula is C16H22N2O. The minimum Gasteiger partial charge on any atom is -0.341 e. The minimum absolute atomic E-state index is 0.0906. The van der Waals surface area contributed by atoms with E-state index < -0.39 is 0 Å². The summed E-state index contributed by atoms with van der Waals surface area (Å²) >= 11 is 0. The maximum absolute atomic E-state index is 12.2. The Morgan fingerprint density at radius 3 is 2.58 bits per heavy atom. The van der Waals surface area contributed by atoms with Gasteiger partial charge in [0, 0.05) is 13.1 Å². The fraction of sp³-hybridized carbons (Fsp3) is 0.500. The van der Waals surface area contributed by atoms with Crippen LogP contribution >= 0.6 is 0 Å². The van der Waals surface area contributed by atoms with Crippen LogP contribution in [0.5, 0.6) is 0 Å². The molecule has 0 aliphatic rings. The predicted molar refractivity (Wildman–Crippen MR) is 76.7 cm³/mol. The molecule has 1 aromatic rings. The van der Waals surface area contributed by atoms with E-state index >= 15 is 0 Å². The van der Waals surface area contributed by atoms with Gasteiger partial charge in [-0.25, -0.2) is 0 Å². The van der Waals surface area contributed by atoms with E-state index in [1.807, 2.05) is 26.0 Å². The summed E-state index contributed by atoms with van der Waals surface area (Å²) in [7, 11) is 0. The van der Waals surface area contributed by atoms with Gasteiger partial charge in [0.1, 0.15) is 0 Å². The zero-order chi connectivity index (χ0) is 14.4. The van der Waals surface area contributed by atoms with Crippen molar-refractivity contribution in [2.45, 2.75) is 34.1 Å². The lowest BCUT2D eigenvalue weighted by molar-refractivity contribution is -0.130. The molecule has 0 aromatic heterocycles. The van der Waals surface area contributed by atoms with E-state index in [4.69, 9.17) is 5.26 Å². The molecule has 3 heteroatoms. The molecule has 102 valence electrons. The Morgan fingerprint density at radius 2 is 2.05 bits per heavy atom. The number of hydrogen-bond donors (Lipinski definition) is 0. The molecule has 0 saturated carbocycles. The Kier molecular flexibility index (Phi) is 5.57. The second-order valence-corrected chi connectivity index (χ2v) is 5.06. The molecule has 0 spiro atoms. The van der Waals surface area contributed by atoms with Crippen LogP contribution < -0.4 is 0 Å². The third-order valence-corrected chi connectivity index (χ3v) is 3.38. The molecule has 1 unspecified atom stereocenters. The molecule has 19 heavy (non-hydrogen) atoms. The molecule has 0 saturated heterocycles. The smallest absolute Gasteiger partial charge is 0.227 e. The quantitative estimate of drug-likeness (QED) is 0.815. The van der Waals surface area contributed by atoms with Gasteiger partial charge in [0.2, 0.25) is 5.91 Å². The summed E-state index contributed by atoms with van der Waals surface area (Å²) in [6.07, 6.45) is 0.410. The molecule has 1 atom stereocenters. The van der Waals surface area contributed by atoms with Crippen molar-refractivity contribution in [3.63, 3.8) is 0 Å². The highest BCUT2D eigenvalue weighted by Crippen LogP contribution is 2.12. The molecule has 1 amide bonds. The number of carbonyl (C=O) groups excluding carboxylic acids is 1. The molecule has 3 nitrogen and oxygen atoms in total. The summed E-state index contributed by atoms with van der Waals surface area (Å²) in [5.41, 5.74) is 3.48. The van der Waals surface area contributed by atoms with Gasteiger partial charge in [0.05, 0.1) is 18.4 Å². The summed E-state index contributed by atoms with van der Waals surface area (Å²) in [6, 6.07) is 8.28. The zero-order valence-corrected chi connectivity index (χ0v) is 12.2. The molecule has 0 bridgehead atoms. The lowest BCUT2D eigenvalue weighted by atomic mass is 10.0. The van der Waals surface area contributed by atoms with Crippen LogP contribution in [-0.2, 0) is 11.2 Å². The molecule has 0 N–H and O–H groups in total. The lowest BCUT2D eigenvalue weighted by Crippen LogP contribution is -2.35. The number of nitrogens with zero attached hydrogens (tertiary/aromatic N) is 2. The van der Waals surface area contributed by atoms with Gasteiger partial charge in [-0.1, -0.05) is 18.2 Å². The van der Waals surface area contributed by atoms with Crippen LogP contribution in [0.4, 0.5) is 0 Å². The largest absolute Gasteiger partial charge is 0.341 e. The van der Waals surface area contributed by atoms with E-state index in [0.717, 1.165) is 5.56 Å². The molecule has 0 fully saturated rings. The summed E-state index contributed by atoms with van der Waals surface area (Å²) in [6.45, 7) is 9.06. The van der Waals surface area contributed by atoms with Crippen LogP contribution in [0, 0.1) is 31.1 Å². The Balaban J connectivity index is 2.71. The Bertz CT molecular complexity index is 488. The van der Waals surface area contributed by atoms with Crippen molar-refractivity contribution in [3.8, 4) is 6.07 Å². The molecule has 0 radical (unpaired) electrons. The highest BCUT2D eigenvalue weighted by atomic mass is 16.2. The summed E-state index contributed by atoms with van der Waals surface area (Å²) < 4.78 is 0. The predicted octanol–water partition coefficient (Wildman–Crippen LogP) is 2.85. The second-order valence-electron chi connectivity index (χ2n) is 5.06. The summed E-state index contributed by atoms with van der Waals surface area (Å²) in [5, 5.41) is 8.83. The Morgan fingerprint density at radius 1 is 1.37 bits per heavy atom. The van der Waals surface area contributed by atoms with Crippen molar-refractivity contribution in [2.24, 2.45) is 5.92 Å². The summed E-state index contributed by atoms with van der Waals surface area (Å²) in [5.74, 6) is -0.0310. The Labute approximate surface area is 115 Å². The number of hydrogen-bond acceptors (Lipinski definition) is 2. The molecule has 0 aliphatic carbocycles. The van der Waals surface area contributed by atoms with Crippen molar-refractivity contribution >= 4 is 5.91 Å². The van der Waals surface area contributed by atoms with E-state index in [9.17, 15) is 4.79 Å². The number of amides is 1. The van der Waals surface area contributed by atoms with Gasteiger partial charge >= 0.3 is 0 Å². The monoisotopic (exact) mass is 258 g/mol. The fourth-order valence-electron chi connectivity index (χ4n) is 1.98. The van der Waals surface area contributed by atoms with Gasteiger partial charge in [-0.15, -0.1) is 0 Å². The first-order valence-electron chi connectivity index (χ1n) is 6.71. The van der Waals surface area contributed by atoms with Crippen LogP contribution in [0.15, 0.2) is 18.2 Å². The van der Waals surface area contributed by atoms with Crippen molar-refractivity contribution in [1.29, 1.82) is 5.26 Å². The highest BCUT2D eigenvalue weighted by Gasteiger charge is 2.15. The fourth-order valence-corrected chi connectivity index (χ4v) is 1.98. The van der Waals surface area contributed by atoms with Gasteiger partial charge in [-0.2, -0.15) is 5.26 Å². The topological polar surface area (TPSA) is 44.1 Å². The number of rotatable bonds is 5. The number of likely N-dealkylation sites (N-methyl/N-ethyl adjacent to an activating group) is 1. The average molecular weight is 258 g/mol. The zero-order valence-electron chi connectivity index (χ0n) is 12.2. The molecular weight excluding hydrogens is 236 g/mol. The third-order valence-electron chi connectivity index (χ3n) is 3.38. The van der Waals surface area contributed by atoms with Crippen LogP contribution in [-0.4, -0.2) is 23.9 Å². The number of carbonyl (C=O) groups is 1. The SMILES string of the molecule is CCN(CC(C)C#N)C(=O)Cc1ccc(C)c(C)c1. The van der Waals surface area contributed by atoms with Crippen molar-refractivity contribution < 1.29 is 4.79 Å². The lowest BCUT2D eigenvalue weighted by Gasteiger charge is -2.22.